The van der Waals surface area contributed by atoms with Crippen LogP contribution in [0.4, 0.5) is 0 Å². The average Bonchev–Trinajstić information content (AvgIpc) is 2.67. The highest BCUT2D eigenvalue weighted by molar-refractivity contribution is 6.30. The fourth-order valence-corrected chi connectivity index (χ4v) is 3.43. The maximum atomic E-state index is 13.3. The number of para-hydroxylation sites is 1. The van der Waals surface area contributed by atoms with Gasteiger partial charge in [-0.2, -0.15) is 0 Å². The van der Waals surface area contributed by atoms with Crippen LogP contribution in [0, 0.1) is 0 Å². The van der Waals surface area contributed by atoms with E-state index in [2.05, 4.69) is 0 Å². The molecule has 132 valence electrons. The summed E-state index contributed by atoms with van der Waals surface area (Å²) < 4.78 is 5.47. The summed E-state index contributed by atoms with van der Waals surface area (Å²) in [6.45, 7) is 3.76. The van der Waals surface area contributed by atoms with Gasteiger partial charge in [-0.25, -0.2) is 4.98 Å². The molecule has 2 heterocycles. The predicted octanol–water partition coefficient (Wildman–Crippen LogP) is 4.42. The van der Waals surface area contributed by atoms with E-state index in [9.17, 15) is 4.79 Å². The SMILES string of the molecule is CC1COCCN1C(=O)c1cc(-c2ccc(Cl)cc2)nc2ccccc12. The van der Waals surface area contributed by atoms with Gasteiger partial charge in [-0.15, -0.1) is 0 Å². The number of nitrogens with zero attached hydrogens (tertiary/aromatic N) is 2. The molecule has 1 aromatic heterocycles. The molecule has 0 N–H and O–H groups in total. The number of morpholine rings is 1. The van der Waals surface area contributed by atoms with Crippen LogP contribution in [0.2, 0.25) is 5.02 Å². The Balaban J connectivity index is 1.84. The molecule has 5 heteroatoms. The van der Waals surface area contributed by atoms with E-state index < -0.39 is 0 Å². The van der Waals surface area contributed by atoms with Crippen molar-refractivity contribution < 1.29 is 9.53 Å². The number of amides is 1. The molecule has 1 atom stereocenters. The van der Waals surface area contributed by atoms with E-state index in [1.165, 1.54) is 0 Å². The first-order valence-electron chi connectivity index (χ1n) is 8.68. The van der Waals surface area contributed by atoms with Gasteiger partial charge in [-0.05, 0) is 31.2 Å². The zero-order valence-electron chi connectivity index (χ0n) is 14.5. The van der Waals surface area contributed by atoms with Crippen molar-refractivity contribution in [3.05, 3.63) is 65.2 Å². The summed E-state index contributed by atoms with van der Waals surface area (Å²) in [6.07, 6.45) is 0. The molecule has 3 aromatic rings. The Morgan fingerprint density at radius 1 is 1.19 bits per heavy atom. The van der Waals surface area contributed by atoms with Crippen molar-refractivity contribution in [2.45, 2.75) is 13.0 Å². The minimum atomic E-state index is 0.0228. The molecule has 1 aliphatic rings. The highest BCUT2D eigenvalue weighted by atomic mass is 35.5. The number of ether oxygens (including phenoxy) is 1. The number of fused-ring (bicyclic) bond motifs is 1. The van der Waals surface area contributed by atoms with Crippen molar-refractivity contribution >= 4 is 28.4 Å². The minimum absolute atomic E-state index is 0.0228. The van der Waals surface area contributed by atoms with Crippen LogP contribution in [0.25, 0.3) is 22.2 Å². The van der Waals surface area contributed by atoms with E-state index in [1.807, 2.05) is 66.4 Å². The van der Waals surface area contributed by atoms with Crippen molar-refractivity contribution in [2.24, 2.45) is 0 Å². The lowest BCUT2D eigenvalue weighted by atomic mass is 10.0. The van der Waals surface area contributed by atoms with Gasteiger partial charge in [0.25, 0.3) is 5.91 Å². The van der Waals surface area contributed by atoms with Crippen molar-refractivity contribution in [3.63, 3.8) is 0 Å². The Hall–Kier alpha value is -2.43. The Morgan fingerprint density at radius 3 is 2.73 bits per heavy atom. The van der Waals surface area contributed by atoms with Crippen LogP contribution in [0.1, 0.15) is 17.3 Å². The molecule has 1 fully saturated rings. The minimum Gasteiger partial charge on any atom is -0.377 e. The molecule has 0 bridgehead atoms. The first-order chi connectivity index (χ1) is 12.6. The molecule has 0 aliphatic carbocycles. The molecular weight excluding hydrogens is 348 g/mol. The molecule has 0 saturated carbocycles. The number of benzene rings is 2. The number of carbonyl (C=O) groups excluding carboxylic acids is 1. The van der Waals surface area contributed by atoms with Gasteiger partial charge >= 0.3 is 0 Å². The lowest BCUT2D eigenvalue weighted by molar-refractivity contribution is 0.00370. The third-order valence-corrected chi connectivity index (χ3v) is 4.97. The zero-order chi connectivity index (χ0) is 18.1. The molecule has 1 saturated heterocycles. The fourth-order valence-electron chi connectivity index (χ4n) is 3.30. The molecule has 2 aromatic carbocycles. The van der Waals surface area contributed by atoms with E-state index in [1.54, 1.807) is 0 Å². The Bertz CT molecular complexity index is 956. The molecule has 1 unspecified atom stereocenters. The van der Waals surface area contributed by atoms with Crippen LogP contribution < -0.4 is 0 Å². The smallest absolute Gasteiger partial charge is 0.255 e. The van der Waals surface area contributed by atoms with E-state index in [4.69, 9.17) is 21.3 Å². The summed E-state index contributed by atoms with van der Waals surface area (Å²) >= 11 is 6.00. The topological polar surface area (TPSA) is 42.4 Å². The number of rotatable bonds is 2. The average molecular weight is 367 g/mol. The molecule has 1 aliphatic heterocycles. The standard InChI is InChI=1S/C21H19ClN2O2/c1-14-13-26-11-10-24(14)21(25)18-12-20(15-6-8-16(22)9-7-15)23-19-5-3-2-4-17(18)19/h2-9,12,14H,10-11,13H2,1H3. The van der Waals surface area contributed by atoms with Crippen molar-refractivity contribution in [3.8, 4) is 11.3 Å². The van der Waals surface area contributed by atoms with Crippen molar-refractivity contribution in [1.82, 2.24) is 9.88 Å². The summed E-state index contributed by atoms with van der Waals surface area (Å²) in [5.74, 6) is 0.0228. The normalized spacial score (nSPS) is 17.5. The third-order valence-electron chi connectivity index (χ3n) is 4.72. The summed E-state index contributed by atoms with van der Waals surface area (Å²) in [6, 6.07) is 17.2. The number of aromatic nitrogens is 1. The number of pyridine rings is 1. The molecule has 26 heavy (non-hydrogen) atoms. The molecule has 1 amide bonds. The number of hydrogen-bond donors (Lipinski definition) is 0. The van der Waals surface area contributed by atoms with Gasteiger partial charge in [-0.1, -0.05) is 41.9 Å². The Kier molecular flexibility index (Phi) is 4.62. The molecule has 0 radical (unpaired) electrons. The van der Waals surface area contributed by atoms with Crippen molar-refractivity contribution in [1.29, 1.82) is 0 Å². The third kappa shape index (κ3) is 3.18. The first-order valence-corrected chi connectivity index (χ1v) is 9.06. The summed E-state index contributed by atoms with van der Waals surface area (Å²) in [7, 11) is 0. The van der Waals surface area contributed by atoms with Gasteiger partial charge in [0.2, 0.25) is 0 Å². The largest absolute Gasteiger partial charge is 0.377 e. The van der Waals surface area contributed by atoms with E-state index in [-0.39, 0.29) is 11.9 Å². The quantitative estimate of drug-likeness (QED) is 0.674. The van der Waals surface area contributed by atoms with Gasteiger partial charge in [0.1, 0.15) is 0 Å². The second kappa shape index (κ2) is 7.06. The summed E-state index contributed by atoms with van der Waals surface area (Å²) in [4.78, 5) is 19.9. The molecular formula is C21H19ClN2O2. The predicted molar refractivity (Wildman–Crippen MR) is 104 cm³/mol. The number of hydrogen-bond acceptors (Lipinski definition) is 3. The highest BCUT2D eigenvalue weighted by Crippen LogP contribution is 2.27. The highest BCUT2D eigenvalue weighted by Gasteiger charge is 2.26. The van der Waals surface area contributed by atoms with Crippen LogP contribution in [0.15, 0.2) is 54.6 Å². The van der Waals surface area contributed by atoms with Crippen LogP contribution in [0.3, 0.4) is 0 Å². The maximum Gasteiger partial charge on any atom is 0.255 e. The number of carbonyl (C=O) groups is 1. The molecule has 4 nitrogen and oxygen atoms in total. The van der Waals surface area contributed by atoms with Gasteiger partial charge in [0, 0.05) is 22.5 Å². The lowest BCUT2D eigenvalue weighted by Gasteiger charge is -2.33. The monoisotopic (exact) mass is 366 g/mol. The fraction of sp³-hybridized carbons (Fsp3) is 0.238. The number of halogens is 1. The second-order valence-electron chi connectivity index (χ2n) is 6.50. The van der Waals surface area contributed by atoms with Crippen LogP contribution in [-0.2, 0) is 4.74 Å². The van der Waals surface area contributed by atoms with Crippen LogP contribution in [-0.4, -0.2) is 41.6 Å². The van der Waals surface area contributed by atoms with Crippen LogP contribution >= 0.6 is 11.6 Å². The van der Waals surface area contributed by atoms with Crippen LogP contribution in [0.5, 0.6) is 0 Å². The van der Waals surface area contributed by atoms with E-state index in [0.29, 0.717) is 30.3 Å². The van der Waals surface area contributed by atoms with Gasteiger partial charge < -0.3 is 9.64 Å². The molecule has 0 spiro atoms. The second-order valence-corrected chi connectivity index (χ2v) is 6.94. The first kappa shape index (κ1) is 17.0. The lowest BCUT2D eigenvalue weighted by Crippen LogP contribution is -2.47. The Labute approximate surface area is 157 Å². The van der Waals surface area contributed by atoms with E-state index in [0.717, 1.165) is 22.2 Å². The summed E-state index contributed by atoms with van der Waals surface area (Å²) in [5, 5.41) is 1.54. The van der Waals surface area contributed by atoms with Gasteiger partial charge in [-0.3, -0.25) is 4.79 Å². The van der Waals surface area contributed by atoms with E-state index >= 15 is 0 Å². The summed E-state index contributed by atoms with van der Waals surface area (Å²) in [5.41, 5.74) is 3.19. The Morgan fingerprint density at radius 2 is 1.96 bits per heavy atom. The zero-order valence-corrected chi connectivity index (χ0v) is 15.2. The van der Waals surface area contributed by atoms with Gasteiger partial charge in [0.15, 0.2) is 0 Å². The van der Waals surface area contributed by atoms with Crippen molar-refractivity contribution in [2.75, 3.05) is 19.8 Å². The molecule has 4 rings (SSSR count). The van der Waals surface area contributed by atoms with Gasteiger partial charge in [0.05, 0.1) is 36.0 Å². The maximum absolute atomic E-state index is 13.3.